The van der Waals surface area contributed by atoms with E-state index in [9.17, 15) is 0 Å². The highest BCUT2D eigenvalue weighted by Crippen LogP contribution is 2.48. The molecule has 0 N–H and O–H groups in total. The van der Waals surface area contributed by atoms with Crippen LogP contribution in [0.5, 0.6) is 0 Å². The van der Waals surface area contributed by atoms with Crippen molar-refractivity contribution in [2.75, 3.05) is 9.80 Å². The third kappa shape index (κ3) is 8.62. The molecule has 0 unspecified atom stereocenters. The molecule has 1 aliphatic rings. The van der Waals surface area contributed by atoms with Crippen molar-refractivity contribution in [1.82, 2.24) is 0 Å². The second-order valence-corrected chi connectivity index (χ2v) is 19.6. The van der Waals surface area contributed by atoms with Crippen molar-refractivity contribution in [3.05, 3.63) is 224 Å². The van der Waals surface area contributed by atoms with Crippen LogP contribution in [0, 0.1) is 69.2 Å². The van der Waals surface area contributed by atoms with Gasteiger partial charge < -0.3 is 9.80 Å². The summed E-state index contributed by atoms with van der Waals surface area (Å²) in [4.78, 5) is 4.85. The first kappa shape index (κ1) is 44.6. The third-order valence-corrected chi connectivity index (χ3v) is 14.7. The molecule has 0 heterocycles. The van der Waals surface area contributed by atoms with Crippen molar-refractivity contribution in [2.45, 2.75) is 107 Å². The Hall–Kier alpha value is -6.64. The fourth-order valence-electron chi connectivity index (χ4n) is 11.2. The third-order valence-electron chi connectivity index (χ3n) is 14.7. The molecule has 2 heteroatoms. The zero-order valence-corrected chi connectivity index (χ0v) is 40.9. The Morgan fingerprint density at radius 1 is 0.288 bits per heavy atom. The molecule has 1 fully saturated rings. The molecule has 1 aliphatic carbocycles. The van der Waals surface area contributed by atoms with E-state index in [1.54, 1.807) is 0 Å². The minimum absolute atomic E-state index is 0.0529. The van der Waals surface area contributed by atoms with Crippen LogP contribution in [0.15, 0.2) is 158 Å². The van der Waals surface area contributed by atoms with E-state index in [0.717, 1.165) is 24.2 Å². The van der Waals surface area contributed by atoms with Gasteiger partial charge in [-0.3, -0.25) is 0 Å². The topological polar surface area (TPSA) is 6.48 Å². The summed E-state index contributed by atoms with van der Waals surface area (Å²) >= 11 is 0. The molecule has 8 aromatic carbocycles. The van der Waals surface area contributed by atoms with E-state index in [1.165, 1.54) is 131 Å². The van der Waals surface area contributed by atoms with Gasteiger partial charge in [-0.05, 0) is 233 Å². The molecule has 0 amide bonds. The van der Waals surface area contributed by atoms with Gasteiger partial charge in [0.1, 0.15) is 0 Å². The standard InChI is InChI=1S/C64H66N2/c1-42-36-48(7)62(49(8)37-42)52-16-26-56(27-17-52)65(60-24-14-44(3)46(5)40-60)58-30-20-54(21-31-58)64(34-12-11-13-35-64)55-22-32-59(33-23-55)66(61-25-15-45(4)47(6)41-61)57-28-18-53(19-29-57)63-50(9)38-43(2)39-51(63)10/h14-33,36-41H,11-13,34-35H2,1-10H3. The number of benzene rings is 8. The van der Waals surface area contributed by atoms with Crippen molar-refractivity contribution in [3.8, 4) is 22.3 Å². The number of nitrogens with zero attached hydrogens (tertiary/aromatic N) is 2. The summed E-state index contributed by atoms with van der Waals surface area (Å²) in [7, 11) is 0. The minimum Gasteiger partial charge on any atom is -0.310 e. The van der Waals surface area contributed by atoms with Crippen molar-refractivity contribution < 1.29 is 0 Å². The summed E-state index contributed by atoms with van der Waals surface area (Å²) < 4.78 is 0. The zero-order valence-electron chi connectivity index (χ0n) is 40.9. The average molecular weight is 863 g/mol. The molecule has 0 bridgehead atoms. The molecule has 0 saturated heterocycles. The predicted molar refractivity (Wildman–Crippen MR) is 284 cm³/mol. The number of hydrogen-bond donors (Lipinski definition) is 0. The first-order chi connectivity index (χ1) is 31.8. The van der Waals surface area contributed by atoms with Gasteiger partial charge in [0, 0.05) is 39.5 Å². The van der Waals surface area contributed by atoms with Crippen LogP contribution in [0.1, 0.15) is 98.9 Å². The van der Waals surface area contributed by atoms with Crippen LogP contribution in [-0.2, 0) is 5.41 Å². The summed E-state index contributed by atoms with van der Waals surface area (Å²) in [6, 6.07) is 60.4. The number of anilines is 6. The SMILES string of the molecule is Cc1cc(C)c(-c2ccc(N(c3ccc(C4(c5ccc(N(c6ccc(-c7c(C)cc(C)cc7C)cc6)c6ccc(C)c(C)c6)cc5)CCCCC4)cc3)c3ccc(C)c(C)c3)cc2)c(C)c1. The van der Waals surface area contributed by atoms with Crippen LogP contribution >= 0.6 is 0 Å². The molecular formula is C64H66N2. The Morgan fingerprint density at radius 3 is 0.909 bits per heavy atom. The van der Waals surface area contributed by atoms with E-state index >= 15 is 0 Å². The molecule has 332 valence electrons. The van der Waals surface area contributed by atoms with E-state index in [0.29, 0.717) is 0 Å². The van der Waals surface area contributed by atoms with Crippen LogP contribution < -0.4 is 9.80 Å². The summed E-state index contributed by atoms with van der Waals surface area (Å²) in [5.41, 5.74) is 28.0. The maximum atomic E-state index is 2.43. The normalized spacial score (nSPS) is 13.4. The van der Waals surface area contributed by atoms with Gasteiger partial charge in [-0.15, -0.1) is 0 Å². The molecule has 66 heavy (non-hydrogen) atoms. The lowest BCUT2D eigenvalue weighted by molar-refractivity contribution is 0.346. The van der Waals surface area contributed by atoms with Gasteiger partial charge in [0.15, 0.2) is 0 Å². The molecule has 0 spiro atoms. The van der Waals surface area contributed by atoms with Crippen LogP contribution in [0.4, 0.5) is 34.1 Å². The van der Waals surface area contributed by atoms with Crippen molar-refractivity contribution in [3.63, 3.8) is 0 Å². The van der Waals surface area contributed by atoms with Crippen LogP contribution in [-0.4, -0.2) is 0 Å². The average Bonchev–Trinajstić information content (AvgIpc) is 3.30. The Bertz CT molecular complexity index is 2770. The lowest BCUT2D eigenvalue weighted by Gasteiger charge is -2.39. The maximum absolute atomic E-state index is 2.43. The summed E-state index contributed by atoms with van der Waals surface area (Å²) in [6.45, 7) is 22.1. The summed E-state index contributed by atoms with van der Waals surface area (Å²) in [6.07, 6.45) is 6.03. The molecule has 8 aromatic rings. The van der Waals surface area contributed by atoms with E-state index in [1.807, 2.05) is 0 Å². The fraction of sp³-hybridized carbons (Fsp3) is 0.250. The van der Waals surface area contributed by atoms with Gasteiger partial charge in [0.05, 0.1) is 0 Å². The van der Waals surface area contributed by atoms with Crippen LogP contribution in [0.25, 0.3) is 22.3 Å². The van der Waals surface area contributed by atoms with Crippen molar-refractivity contribution in [2.24, 2.45) is 0 Å². The van der Waals surface area contributed by atoms with Gasteiger partial charge in [-0.2, -0.15) is 0 Å². The molecule has 1 saturated carbocycles. The summed E-state index contributed by atoms with van der Waals surface area (Å²) in [5.74, 6) is 0. The minimum atomic E-state index is -0.0529. The van der Waals surface area contributed by atoms with Gasteiger partial charge in [0.25, 0.3) is 0 Å². The van der Waals surface area contributed by atoms with Crippen LogP contribution in [0.3, 0.4) is 0 Å². The smallest absolute Gasteiger partial charge is 0.0464 e. The monoisotopic (exact) mass is 863 g/mol. The first-order valence-electron chi connectivity index (χ1n) is 24.1. The van der Waals surface area contributed by atoms with E-state index in [2.05, 4.69) is 237 Å². The molecule has 0 aromatic heterocycles. The molecule has 2 nitrogen and oxygen atoms in total. The second-order valence-electron chi connectivity index (χ2n) is 19.6. The first-order valence-corrected chi connectivity index (χ1v) is 24.1. The Balaban J connectivity index is 1.07. The van der Waals surface area contributed by atoms with Gasteiger partial charge in [-0.25, -0.2) is 0 Å². The van der Waals surface area contributed by atoms with E-state index in [-0.39, 0.29) is 5.41 Å². The lowest BCUT2D eigenvalue weighted by atomic mass is 9.65. The van der Waals surface area contributed by atoms with Gasteiger partial charge >= 0.3 is 0 Å². The second kappa shape index (κ2) is 18.3. The molecule has 0 radical (unpaired) electrons. The lowest BCUT2D eigenvalue weighted by Crippen LogP contribution is -2.30. The highest BCUT2D eigenvalue weighted by molar-refractivity contribution is 5.82. The number of rotatable bonds is 10. The number of aryl methyl sites for hydroxylation is 10. The van der Waals surface area contributed by atoms with Crippen molar-refractivity contribution >= 4 is 34.1 Å². The maximum Gasteiger partial charge on any atom is 0.0464 e. The Kier molecular flexibility index (Phi) is 12.4. The zero-order chi connectivity index (χ0) is 46.3. The summed E-state index contributed by atoms with van der Waals surface area (Å²) in [5, 5.41) is 0. The molecular weight excluding hydrogens is 797 g/mol. The van der Waals surface area contributed by atoms with Crippen LogP contribution in [0.2, 0.25) is 0 Å². The predicted octanol–water partition coefficient (Wildman–Crippen LogP) is 18.3. The number of hydrogen-bond acceptors (Lipinski definition) is 2. The van der Waals surface area contributed by atoms with E-state index in [4.69, 9.17) is 0 Å². The quantitative estimate of drug-likeness (QED) is 0.135. The van der Waals surface area contributed by atoms with Gasteiger partial charge in [-0.1, -0.05) is 115 Å². The Labute approximate surface area is 395 Å². The molecule has 0 aliphatic heterocycles. The molecule has 0 atom stereocenters. The van der Waals surface area contributed by atoms with Gasteiger partial charge in [0.2, 0.25) is 0 Å². The fourth-order valence-corrected chi connectivity index (χ4v) is 11.2. The van der Waals surface area contributed by atoms with E-state index < -0.39 is 0 Å². The molecule has 9 rings (SSSR count). The highest BCUT2D eigenvalue weighted by atomic mass is 15.1. The highest BCUT2D eigenvalue weighted by Gasteiger charge is 2.36. The largest absolute Gasteiger partial charge is 0.310 e. The van der Waals surface area contributed by atoms with Crippen molar-refractivity contribution in [1.29, 1.82) is 0 Å². The Morgan fingerprint density at radius 2 is 0.591 bits per heavy atom.